The van der Waals surface area contributed by atoms with Crippen LogP contribution in [-0.2, 0) is 11.2 Å². The lowest BCUT2D eigenvalue weighted by molar-refractivity contribution is -0.113. The van der Waals surface area contributed by atoms with E-state index in [-0.39, 0.29) is 17.6 Å². The van der Waals surface area contributed by atoms with Gasteiger partial charge in [0.15, 0.2) is 0 Å². The van der Waals surface area contributed by atoms with Gasteiger partial charge in [0.25, 0.3) is 0 Å². The lowest BCUT2D eigenvalue weighted by atomic mass is 10.0. The maximum Gasteiger partial charge on any atom is 0.234 e. The van der Waals surface area contributed by atoms with Gasteiger partial charge in [-0.2, -0.15) is 0 Å². The standard InChI is InChI=1S/C20H22N4OS/c1-14(2)19-22-20(24-23-19)26-13-18(25)21-17-11-7-6-10-16(17)12-15-8-4-3-5-9-15/h3-11,14H,12-13H2,1-2H3,(H,21,25)(H,22,23,24). The summed E-state index contributed by atoms with van der Waals surface area (Å²) in [6.45, 7) is 4.09. The van der Waals surface area contributed by atoms with Gasteiger partial charge in [0.1, 0.15) is 5.82 Å². The molecular weight excluding hydrogens is 344 g/mol. The van der Waals surface area contributed by atoms with Gasteiger partial charge in [0.05, 0.1) is 5.75 Å². The first kappa shape index (κ1) is 18.2. The lowest BCUT2D eigenvalue weighted by Crippen LogP contribution is -2.15. The normalized spacial score (nSPS) is 10.9. The number of hydrogen-bond donors (Lipinski definition) is 2. The monoisotopic (exact) mass is 366 g/mol. The van der Waals surface area contributed by atoms with E-state index in [0.717, 1.165) is 23.5 Å². The summed E-state index contributed by atoms with van der Waals surface area (Å²) in [6, 6.07) is 18.1. The van der Waals surface area contributed by atoms with Crippen LogP contribution < -0.4 is 5.32 Å². The molecule has 0 aliphatic heterocycles. The molecule has 1 aromatic heterocycles. The van der Waals surface area contributed by atoms with E-state index in [1.54, 1.807) is 0 Å². The fraction of sp³-hybridized carbons (Fsp3) is 0.250. The van der Waals surface area contributed by atoms with Gasteiger partial charge >= 0.3 is 0 Å². The molecule has 0 atom stereocenters. The highest BCUT2D eigenvalue weighted by Gasteiger charge is 2.11. The molecule has 134 valence electrons. The summed E-state index contributed by atoms with van der Waals surface area (Å²) >= 11 is 1.33. The molecule has 2 aromatic carbocycles. The van der Waals surface area contributed by atoms with Crippen molar-refractivity contribution in [1.82, 2.24) is 15.2 Å². The number of nitrogens with one attached hydrogen (secondary N) is 2. The molecular formula is C20H22N4OS. The van der Waals surface area contributed by atoms with Gasteiger partial charge in [-0.25, -0.2) is 4.98 Å². The first-order chi connectivity index (χ1) is 12.6. The zero-order chi connectivity index (χ0) is 18.4. The number of carbonyl (C=O) groups excluding carboxylic acids is 1. The summed E-state index contributed by atoms with van der Waals surface area (Å²) in [4.78, 5) is 16.7. The molecule has 26 heavy (non-hydrogen) atoms. The number of hydrogen-bond acceptors (Lipinski definition) is 4. The molecule has 0 saturated carbocycles. The Hall–Kier alpha value is -2.60. The van der Waals surface area contributed by atoms with Crippen LogP contribution in [0, 0.1) is 0 Å². The van der Waals surface area contributed by atoms with E-state index in [9.17, 15) is 4.79 Å². The smallest absolute Gasteiger partial charge is 0.234 e. The molecule has 3 rings (SSSR count). The van der Waals surface area contributed by atoms with E-state index in [1.807, 2.05) is 56.3 Å². The highest BCUT2D eigenvalue weighted by atomic mass is 32.2. The molecule has 0 aliphatic carbocycles. The second-order valence-electron chi connectivity index (χ2n) is 6.31. The fourth-order valence-electron chi connectivity index (χ4n) is 2.51. The highest BCUT2D eigenvalue weighted by molar-refractivity contribution is 7.99. The Labute approximate surface area is 157 Å². The minimum atomic E-state index is -0.0635. The quantitative estimate of drug-likeness (QED) is 0.613. The number of thioether (sulfide) groups is 1. The van der Waals surface area contributed by atoms with E-state index in [0.29, 0.717) is 5.16 Å². The summed E-state index contributed by atoms with van der Waals surface area (Å²) < 4.78 is 0. The fourth-order valence-corrected chi connectivity index (χ4v) is 3.11. The molecule has 5 nitrogen and oxygen atoms in total. The molecule has 2 N–H and O–H groups in total. The molecule has 6 heteroatoms. The zero-order valence-electron chi connectivity index (χ0n) is 14.9. The average molecular weight is 366 g/mol. The van der Waals surface area contributed by atoms with Crippen LogP contribution in [0.3, 0.4) is 0 Å². The van der Waals surface area contributed by atoms with Crippen molar-refractivity contribution in [3.8, 4) is 0 Å². The summed E-state index contributed by atoms with van der Waals surface area (Å²) in [7, 11) is 0. The van der Waals surface area contributed by atoms with Crippen LogP contribution in [0.5, 0.6) is 0 Å². The number of carbonyl (C=O) groups is 1. The third-order valence-electron chi connectivity index (χ3n) is 3.89. The van der Waals surface area contributed by atoms with Crippen LogP contribution in [0.2, 0.25) is 0 Å². The van der Waals surface area contributed by atoms with Crippen molar-refractivity contribution in [2.45, 2.75) is 31.3 Å². The van der Waals surface area contributed by atoms with Crippen LogP contribution in [0.15, 0.2) is 59.8 Å². The van der Waals surface area contributed by atoms with E-state index < -0.39 is 0 Å². The minimum absolute atomic E-state index is 0.0635. The number of benzene rings is 2. The Bertz CT molecular complexity index is 861. The molecule has 0 fully saturated rings. The topological polar surface area (TPSA) is 70.7 Å². The minimum Gasteiger partial charge on any atom is -0.325 e. The van der Waals surface area contributed by atoms with Crippen molar-refractivity contribution < 1.29 is 4.79 Å². The summed E-state index contributed by atoms with van der Waals surface area (Å²) in [6.07, 6.45) is 0.781. The first-order valence-corrected chi connectivity index (χ1v) is 9.57. The number of H-pyrrole nitrogens is 1. The number of anilines is 1. The van der Waals surface area contributed by atoms with Crippen LogP contribution >= 0.6 is 11.8 Å². The number of aromatic nitrogens is 3. The molecule has 0 aliphatic rings. The van der Waals surface area contributed by atoms with Gasteiger partial charge in [-0.3, -0.25) is 9.89 Å². The van der Waals surface area contributed by atoms with Gasteiger partial charge in [-0.1, -0.05) is 74.1 Å². The van der Waals surface area contributed by atoms with E-state index in [2.05, 4.69) is 32.6 Å². The van der Waals surface area contributed by atoms with E-state index in [4.69, 9.17) is 0 Å². The second-order valence-corrected chi connectivity index (χ2v) is 7.26. The summed E-state index contributed by atoms with van der Waals surface area (Å²) in [5.41, 5.74) is 3.15. The molecule has 1 heterocycles. The molecule has 0 saturated heterocycles. The molecule has 0 unspecified atom stereocenters. The Morgan fingerprint density at radius 1 is 1.12 bits per heavy atom. The van der Waals surface area contributed by atoms with Gasteiger partial charge < -0.3 is 5.32 Å². The molecule has 3 aromatic rings. The molecule has 1 amide bonds. The SMILES string of the molecule is CC(C)c1nc(SCC(=O)Nc2ccccc2Cc2ccccc2)n[nH]1. The Kier molecular flexibility index (Phi) is 6.07. The van der Waals surface area contributed by atoms with E-state index >= 15 is 0 Å². The largest absolute Gasteiger partial charge is 0.325 e. The van der Waals surface area contributed by atoms with Crippen molar-refractivity contribution in [3.63, 3.8) is 0 Å². The highest BCUT2D eigenvalue weighted by Crippen LogP contribution is 2.20. The zero-order valence-corrected chi connectivity index (χ0v) is 15.7. The van der Waals surface area contributed by atoms with Crippen molar-refractivity contribution >= 4 is 23.4 Å². The number of aromatic amines is 1. The van der Waals surface area contributed by atoms with Gasteiger partial charge in [0, 0.05) is 11.6 Å². The number of amides is 1. The van der Waals surface area contributed by atoms with Crippen molar-refractivity contribution in [2.24, 2.45) is 0 Å². The third kappa shape index (κ3) is 4.95. The van der Waals surface area contributed by atoms with Crippen LogP contribution in [0.1, 0.15) is 36.7 Å². The number of para-hydroxylation sites is 1. The number of rotatable bonds is 7. The average Bonchev–Trinajstić information content (AvgIpc) is 3.12. The van der Waals surface area contributed by atoms with Crippen molar-refractivity contribution in [1.29, 1.82) is 0 Å². The third-order valence-corrected chi connectivity index (χ3v) is 4.74. The predicted molar refractivity (Wildman–Crippen MR) is 106 cm³/mol. The van der Waals surface area contributed by atoms with Crippen LogP contribution in [-0.4, -0.2) is 26.8 Å². The molecule has 0 spiro atoms. The summed E-state index contributed by atoms with van der Waals surface area (Å²) in [5, 5.41) is 10.6. The Morgan fingerprint density at radius 3 is 2.58 bits per heavy atom. The molecule has 0 radical (unpaired) electrons. The van der Waals surface area contributed by atoms with Crippen molar-refractivity contribution in [3.05, 3.63) is 71.5 Å². The van der Waals surface area contributed by atoms with Crippen LogP contribution in [0.4, 0.5) is 5.69 Å². The maximum absolute atomic E-state index is 12.3. The predicted octanol–water partition coefficient (Wildman–Crippen LogP) is 4.25. The van der Waals surface area contributed by atoms with Crippen LogP contribution in [0.25, 0.3) is 0 Å². The Balaban J connectivity index is 1.60. The van der Waals surface area contributed by atoms with Gasteiger partial charge in [-0.15, -0.1) is 5.10 Å². The number of nitrogens with zero attached hydrogens (tertiary/aromatic N) is 2. The maximum atomic E-state index is 12.3. The second kappa shape index (κ2) is 8.67. The van der Waals surface area contributed by atoms with E-state index in [1.165, 1.54) is 17.3 Å². The van der Waals surface area contributed by atoms with Gasteiger partial charge in [-0.05, 0) is 23.6 Å². The summed E-state index contributed by atoms with van der Waals surface area (Å²) in [5.74, 6) is 1.33. The lowest BCUT2D eigenvalue weighted by Gasteiger charge is -2.11. The molecule has 0 bridgehead atoms. The Morgan fingerprint density at radius 2 is 1.85 bits per heavy atom. The van der Waals surface area contributed by atoms with Gasteiger partial charge in [0.2, 0.25) is 11.1 Å². The first-order valence-electron chi connectivity index (χ1n) is 8.58. The van der Waals surface area contributed by atoms with Crippen molar-refractivity contribution in [2.75, 3.05) is 11.1 Å².